The number of anilines is 1. The van der Waals surface area contributed by atoms with Crippen LogP contribution in [0.4, 0.5) is 10.5 Å². The van der Waals surface area contributed by atoms with Gasteiger partial charge in [0.05, 0.1) is 12.3 Å². The quantitative estimate of drug-likeness (QED) is 0.550. The minimum Gasteiger partial charge on any atom is -0.377 e. The summed E-state index contributed by atoms with van der Waals surface area (Å²) in [6.07, 6.45) is 2.37. The SMILES string of the molecule is Cc1cc2c(cc1-c1cc(CN3C(=O)CSC3=O)ccc1N(C)C)C(C)(C)CCC2(C)C. The molecule has 2 aromatic rings. The largest absolute Gasteiger partial charge is 0.377 e. The van der Waals surface area contributed by atoms with E-state index in [0.717, 1.165) is 28.6 Å². The summed E-state index contributed by atoms with van der Waals surface area (Å²) in [4.78, 5) is 27.8. The Kier molecular flexibility index (Phi) is 5.69. The number of rotatable bonds is 4. The van der Waals surface area contributed by atoms with Crippen LogP contribution in [-0.2, 0) is 22.2 Å². The van der Waals surface area contributed by atoms with Crippen LogP contribution >= 0.6 is 11.8 Å². The van der Waals surface area contributed by atoms with Crippen LogP contribution in [0.25, 0.3) is 11.1 Å². The van der Waals surface area contributed by atoms with E-state index in [1.165, 1.54) is 40.0 Å². The van der Waals surface area contributed by atoms with Gasteiger partial charge in [0.2, 0.25) is 5.91 Å². The zero-order valence-electron chi connectivity index (χ0n) is 20.3. The number of imide groups is 1. The fourth-order valence-electron chi connectivity index (χ4n) is 5.02. The number of fused-ring (bicyclic) bond motifs is 1. The summed E-state index contributed by atoms with van der Waals surface area (Å²) in [6.45, 7) is 11.9. The third kappa shape index (κ3) is 3.96. The molecule has 1 fully saturated rings. The smallest absolute Gasteiger partial charge is 0.289 e. The van der Waals surface area contributed by atoms with E-state index in [2.05, 4.69) is 77.9 Å². The first-order valence-electron chi connectivity index (χ1n) is 11.3. The van der Waals surface area contributed by atoms with Crippen molar-refractivity contribution in [2.24, 2.45) is 0 Å². The van der Waals surface area contributed by atoms with Crippen LogP contribution in [0.1, 0.15) is 62.8 Å². The van der Waals surface area contributed by atoms with Gasteiger partial charge in [-0.2, -0.15) is 0 Å². The number of nitrogens with zero attached hydrogens (tertiary/aromatic N) is 2. The lowest BCUT2D eigenvalue weighted by atomic mass is 9.62. The summed E-state index contributed by atoms with van der Waals surface area (Å²) in [7, 11) is 4.12. The number of carbonyl (C=O) groups excluding carboxylic acids is 2. The molecule has 4 nitrogen and oxygen atoms in total. The van der Waals surface area contributed by atoms with E-state index in [1.54, 1.807) is 0 Å². The van der Waals surface area contributed by atoms with Gasteiger partial charge in [-0.25, -0.2) is 0 Å². The number of benzene rings is 2. The number of carbonyl (C=O) groups is 2. The summed E-state index contributed by atoms with van der Waals surface area (Å²) >= 11 is 1.09. The molecule has 2 amide bonds. The zero-order chi connectivity index (χ0) is 23.4. The van der Waals surface area contributed by atoms with E-state index in [9.17, 15) is 9.59 Å². The molecule has 1 saturated heterocycles. The summed E-state index contributed by atoms with van der Waals surface area (Å²) in [5.41, 5.74) is 8.97. The normalized spacial score (nSPS) is 19.3. The van der Waals surface area contributed by atoms with Crippen LogP contribution in [-0.4, -0.2) is 35.9 Å². The van der Waals surface area contributed by atoms with Crippen molar-refractivity contribution in [3.8, 4) is 11.1 Å². The third-order valence-corrected chi connectivity index (χ3v) is 8.07. The van der Waals surface area contributed by atoms with Gasteiger partial charge in [-0.15, -0.1) is 0 Å². The van der Waals surface area contributed by atoms with Gasteiger partial charge in [0.25, 0.3) is 5.24 Å². The molecule has 0 spiro atoms. The van der Waals surface area contributed by atoms with Gasteiger partial charge in [0.15, 0.2) is 0 Å². The standard InChI is InChI=1S/C27H34N2O2S/c1-17-12-21-22(27(4,5)11-10-26(21,2)3)14-19(17)20-13-18(8-9-23(20)28(6)7)15-29-24(30)16-32-25(29)31/h8-9,12-14H,10-11,15-16H2,1-7H3. The maximum atomic E-state index is 12.1. The maximum Gasteiger partial charge on any atom is 0.289 e. The molecule has 0 aromatic heterocycles. The number of aryl methyl sites for hydroxylation is 1. The molecule has 0 radical (unpaired) electrons. The van der Waals surface area contributed by atoms with E-state index in [1.807, 2.05) is 6.07 Å². The summed E-state index contributed by atoms with van der Waals surface area (Å²) in [5.74, 6) is 0.142. The minimum absolute atomic E-state index is 0.104. The molecule has 5 heteroatoms. The second-order valence-corrected chi connectivity index (χ2v) is 11.7. The van der Waals surface area contributed by atoms with Gasteiger partial charge < -0.3 is 4.90 Å². The van der Waals surface area contributed by atoms with Crippen molar-refractivity contribution < 1.29 is 9.59 Å². The molecule has 32 heavy (non-hydrogen) atoms. The average Bonchev–Trinajstić information content (AvgIpc) is 3.03. The van der Waals surface area contributed by atoms with Crippen LogP contribution in [0.5, 0.6) is 0 Å². The van der Waals surface area contributed by atoms with Crippen LogP contribution in [0, 0.1) is 6.92 Å². The van der Waals surface area contributed by atoms with Crippen molar-refractivity contribution in [3.63, 3.8) is 0 Å². The highest BCUT2D eigenvalue weighted by molar-refractivity contribution is 8.14. The summed E-state index contributed by atoms with van der Waals surface area (Å²) < 4.78 is 0. The Morgan fingerprint density at radius 2 is 1.56 bits per heavy atom. The van der Waals surface area contributed by atoms with E-state index in [4.69, 9.17) is 0 Å². The van der Waals surface area contributed by atoms with Gasteiger partial charge in [0.1, 0.15) is 0 Å². The lowest BCUT2D eigenvalue weighted by Crippen LogP contribution is -2.34. The molecule has 2 aliphatic rings. The lowest BCUT2D eigenvalue weighted by molar-refractivity contribution is -0.125. The fourth-order valence-corrected chi connectivity index (χ4v) is 5.74. The number of amides is 2. The van der Waals surface area contributed by atoms with Crippen LogP contribution < -0.4 is 4.90 Å². The Bertz CT molecular complexity index is 1090. The van der Waals surface area contributed by atoms with Gasteiger partial charge >= 0.3 is 0 Å². The average molecular weight is 451 g/mol. The topological polar surface area (TPSA) is 40.6 Å². The van der Waals surface area contributed by atoms with Crippen LogP contribution in [0.3, 0.4) is 0 Å². The first-order valence-corrected chi connectivity index (χ1v) is 12.3. The molecule has 0 saturated carbocycles. The van der Waals surface area contributed by atoms with Gasteiger partial charge in [0, 0.05) is 25.3 Å². The molecule has 0 atom stereocenters. The van der Waals surface area contributed by atoms with Crippen molar-refractivity contribution in [1.29, 1.82) is 0 Å². The number of hydrogen-bond acceptors (Lipinski definition) is 4. The van der Waals surface area contributed by atoms with Crippen LogP contribution in [0.15, 0.2) is 30.3 Å². The molecule has 1 aliphatic carbocycles. The van der Waals surface area contributed by atoms with Crippen molar-refractivity contribution >= 4 is 28.6 Å². The van der Waals surface area contributed by atoms with Crippen LogP contribution in [0.2, 0.25) is 0 Å². The highest BCUT2D eigenvalue weighted by Crippen LogP contribution is 2.48. The van der Waals surface area contributed by atoms with E-state index in [-0.39, 0.29) is 27.7 Å². The van der Waals surface area contributed by atoms with Crippen molar-refractivity contribution in [1.82, 2.24) is 4.90 Å². The Labute approximate surface area is 196 Å². The second kappa shape index (κ2) is 7.95. The minimum atomic E-state index is -0.151. The zero-order valence-corrected chi connectivity index (χ0v) is 21.2. The Balaban J connectivity index is 1.85. The predicted octanol–water partition coefficient (Wildman–Crippen LogP) is 6.27. The molecule has 2 aromatic carbocycles. The highest BCUT2D eigenvalue weighted by Gasteiger charge is 2.37. The number of hydrogen-bond donors (Lipinski definition) is 0. The van der Waals surface area contributed by atoms with E-state index in [0.29, 0.717) is 6.54 Å². The van der Waals surface area contributed by atoms with E-state index >= 15 is 0 Å². The fraction of sp³-hybridized carbons (Fsp3) is 0.481. The van der Waals surface area contributed by atoms with Gasteiger partial charge in [-0.3, -0.25) is 14.5 Å². The highest BCUT2D eigenvalue weighted by atomic mass is 32.2. The lowest BCUT2D eigenvalue weighted by Gasteiger charge is -2.42. The first kappa shape index (κ1) is 22.9. The first-order chi connectivity index (χ1) is 14.9. The molecular weight excluding hydrogens is 416 g/mol. The van der Waals surface area contributed by atoms with E-state index < -0.39 is 0 Å². The monoisotopic (exact) mass is 450 g/mol. The molecular formula is C27H34N2O2S. The molecule has 0 bridgehead atoms. The van der Waals surface area contributed by atoms with Gasteiger partial charge in [-0.1, -0.05) is 51.6 Å². The van der Waals surface area contributed by atoms with Gasteiger partial charge in [-0.05, 0) is 76.6 Å². The molecule has 0 N–H and O–H groups in total. The Morgan fingerprint density at radius 3 is 2.12 bits per heavy atom. The Hall–Kier alpha value is -2.27. The third-order valence-electron chi connectivity index (χ3n) is 7.21. The molecule has 0 unspecified atom stereocenters. The molecule has 170 valence electrons. The maximum absolute atomic E-state index is 12.1. The molecule has 1 heterocycles. The Morgan fingerprint density at radius 1 is 0.938 bits per heavy atom. The second-order valence-electron chi connectivity index (χ2n) is 10.8. The summed E-state index contributed by atoms with van der Waals surface area (Å²) in [5, 5.41) is -0.151. The molecule has 4 rings (SSSR count). The van der Waals surface area contributed by atoms with Crippen molar-refractivity contribution in [2.75, 3.05) is 24.7 Å². The number of thioether (sulfide) groups is 1. The van der Waals surface area contributed by atoms with Crippen molar-refractivity contribution in [3.05, 3.63) is 52.6 Å². The predicted molar refractivity (Wildman–Crippen MR) is 135 cm³/mol. The molecule has 1 aliphatic heterocycles. The summed E-state index contributed by atoms with van der Waals surface area (Å²) in [6, 6.07) is 11.1. The van der Waals surface area contributed by atoms with Crippen molar-refractivity contribution in [2.45, 2.75) is 64.8 Å².